The minimum Gasteiger partial charge on any atom is -0.339 e. The Kier molecular flexibility index (Phi) is 4.02. The van der Waals surface area contributed by atoms with Gasteiger partial charge in [-0.2, -0.15) is 10.5 Å². The highest BCUT2D eigenvalue weighted by Gasteiger charge is 2.07. The van der Waals surface area contributed by atoms with E-state index in [4.69, 9.17) is 10.5 Å². The number of hydrogen-bond donors (Lipinski definition) is 0. The van der Waals surface area contributed by atoms with E-state index in [0.29, 0.717) is 16.8 Å². The SMILES string of the molecule is Cc1c(/C=C/C(=O)c2ccc(C#N)cc2)cc(C#N)n1C. The second-order valence-corrected chi connectivity index (χ2v) is 4.63. The summed E-state index contributed by atoms with van der Waals surface area (Å²) in [5.74, 6) is -0.138. The molecular formula is C17H13N3O. The van der Waals surface area contributed by atoms with Gasteiger partial charge in [-0.05, 0) is 55.0 Å². The van der Waals surface area contributed by atoms with Crippen molar-refractivity contribution in [3.05, 3.63) is 64.5 Å². The Morgan fingerprint density at radius 2 is 1.86 bits per heavy atom. The van der Waals surface area contributed by atoms with Crippen LogP contribution in [0.5, 0.6) is 0 Å². The van der Waals surface area contributed by atoms with Gasteiger partial charge >= 0.3 is 0 Å². The van der Waals surface area contributed by atoms with Gasteiger partial charge in [-0.1, -0.05) is 0 Å². The molecule has 2 aromatic rings. The molecule has 1 aromatic carbocycles. The van der Waals surface area contributed by atoms with E-state index in [9.17, 15) is 4.79 Å². The normalized spacial score (nSPS) is 10.3. The summed E-state index contributed by atoms with van der Waals surface area (Å²) in [4.78, 5) is 12.0. The fourth-order valence-electron chi connectivity index (χ4n) is 1.97. The molecular weight excluding hydrogens is 262 g/mol. The Labute approximate surface area is 123 Å². The lowest BCUT2D eigenvalue weighted by molar-refractivity contribution is 0.104. The Morgan fingerprint density at radius 3 is 2.38 bits per heavy atom. The molecule has 0 unspecified atom stereocenters. The Bertz CT molecular complexity index is 796. The number of nitriles is 2. The van der Waals surface area contributed by atoms with E-state index < -0.39 is 0 Å². The maximum absolute atomic E-state index is 12.0. The van der Waals surface area contributed by atoms with Crippen LogP contribution in [-0.2, 0) is 7.05 Å². The first-order chi connectivity index (χ1) is 10.1. The van der Waals surface area contributed by atoms with Gasteiger partial charge in [0.15, 0.2) is 5.78 Å². The first-order valence-electron chi connectivity index (χ1n) is 6.36. The van der Waals surface area contributed by atoms with Gasteiger partial charge in [0.25, 0.3) is 0 Å². The van der Waals surface area contributed by atoms with E-state index in [2.05, 4.69) is 6.07 Å². The quantitative estimate of drug-likeness (QED) is 0.638. The highest BCUT2D eigenvalue weighted by atomic mass is 16.1. The lowest BCUT2D eigenvalue weighted by atomic mass is 10.1. The molecule has 0 saturated carbocycles. The van der Waals surface area contributed by atoms with E-state index in [1.807, 2.05) is 20.0 Å². The van der Waals surface area contributed by atoms with Crippen LogP contribution in [0.2, 0.25) is 0 Å². The molecule has 102 valence electrons. The van der Waals surface area contributed by atoms with Crippen LogP contribution >= 0.6 is 0 Å². The molecule has 0 aliphatic rings. The van der Waals surface area contributed by atoms with E-state index in [1.165, 1.54) is 6.08 Å². The third kappa shape index (κ3) is 2.91. The maximum atomic E-state index is 12.0. The van der Waals surface area contributed by atoms with Gasteiger partial charge in [0, 0.05) is 18.3 Å². The minimum absolute atomic E-state index is 0.138. The largest absolute Gasteiger partial charge is 0.339 e. The molecule has 0 saturated heterocycles. The lowest BCUT2D eigenvalue weighted by Gasteiger charge is -1.98. The van der Waals surface area contributed by atoms with E-state index in [-0.39, 0.29) is 5.78 Å². The van der Waals surface area contributed by atoms with Gasteiger partial charge < -0.3 is 4.57 Å². The van der Waals surface area contributed by atoms with Crippen molar-refractivity contribution in [2.45, 2.75) is 6.92 Å². The van der Waals surface area contributed by atoms with Crippen LogP contribution in [0, 0.1) is 29.6 Å². The standard InChI is InChI=1S/C17H13N3O/c1-12-15(9-16(11-19)20(12)2)7-8-17(21)14-5-3-13(10-18)4-6-14/h3-9H,1-2H3/b8-7+. The summed E-state index contributed by atoms with van der Waals surface area (Å²) in [5.41, 5.74) is 3.37. The van der Waals surface area contributed by atoms with Gasteiger partial charge in [0.05, 0.1) is 11.6 Å². The monoisotopic (exact) mass is 275 g/mol. The first kappa shape index (κ1) is 14.3. The van der Waals surface area contributed by atoms with Crippen LogP contribution in [0.15, 0.2) is 36.4 Å². The van der Waals surface area contributed by atoms with Crippen molar-refractivity contribution in [2.24, 2.45) is 7.05 Å². The van der Waals surface area contributed by atoms with Crippen molar-refractivity contribution in [1.29, 1.82) is 10.5 Å². The summed E-state index contributed by atoms with van der Waals surface area (Å²) in [7, 11) is 1.81. The summed E-state index contributed by atoms with van der Waals surface area (Å²) >= 11 is 0. The van der Waals surface area contributed by atoms with E-state index in [1.54, 1.807) is 41.0 Å². The molecule has 0 bridgehead atoms. The fraction of sp³-hybridized carbons (Fsp3) is 0.118. The molecule has 0 fully saturated rings. The summed E-state index contributed by atoms with van der Waals surface area (Å²) in [6.07, 6.45) is 3.18. The topological polar surface area (TPSA) is 69.6 Å². The van der Waals surface area contributed by atoms with Crippen LogP contribution in [0.4, 0.5) is 0 Å². The molecule has 1 aromatic heterocycles. The smallest absolute Gasteiger partial charge is 0.185 e. The van der Waals surface area contributed by atoms with Crippen LogP contribution in [0.25, 0.3) is 6.08 Å². The molecule has 0 atom stereocenters. The number of nitrogens with zero attached hydrogens (tertiary/aromatic N) is 3. The number of carbonyl (C=O) groups excluding carboxylic acids is 1. The van der Waals surface area contributed by atoms with E-state index in [0.717, 1.165) is 11.3 Å². The zero-order chi connectivity index (χ0) is 15.4. The van der Waals surface area contributed by atoms with Crippen molar-refractivity contribution < 1.29 is 4.79 Å². The maximum Gasteiger partial charge on any atom is 0.185 e. The number of carbonyl (C=O) groups is 1. The molecule has 4 heteroatoms. The average molecular weight is 275 g/mol. The Morgan fingerprint density at radius 1 is 1.19 bits per heavy atom. The van der Waals surface area contributed by atoms with Gasteiger partial charge in [-0.15, -0.1) is 0 Å². The summed E-state index contributed by atoms with van der Waals surface area (Å²) in [6.45, 7) is 1.90. The van der Waals surface area contributed by atoms with Crippen LogP contribution < -0.4 is 0 Å². The van der Waals surface area contributed by atoms with Crippen molar-refractivity contribution in [1.82, 2.24) is 4.57 Å². The minimum atomic E-state index is -0.138. The predicted molar refractivity (Wildman–Crippen MR) is 79.4 cm³/mol. The molecule has 0 N–H and O–H groups in total. The molecule has 4 nitrogen and oxygen atoms in total. The molecule has 21 heavy (non-hydrogen) atoms. The van der Waals surface area contributed by atoms with Crippen LogP contribution in [0.1, 0.15) is 32.9 Å². The number of aromatic nitrogens is 1. The highest BCUT2D eigenvalue weighted by Crippen LogP contribution is 2.15. The summed E-state index contributed by atoms with van der Waals surface area (Å²) < 4.78 is 1.78. The molecule has 0 radical (unpaired) electrons. The summed E-state index contributed by atoms with van der Waals surface area (Å²) in [5, 5.41) is 17.7. The zero-order valence-corrected chi connectivity index (χ0v) is 11.8. The fourth-order valence-corrected chi connectivity index (χ4v) is 1.97. The lowest BCUT2D eigenvalue weighted by Crippen LogP contribution is -1.95. The number of allylic oxidation sites excluding steroid dienone is 1. The van der Waals surface area contributed by atoms with E-state index >= 15 is 0 Å². The molecule has 0 amide bonds. The third-order valence-corrected chi connectivity index (χ3v) is 3.40. The molecule has 2 rings (SSSR count). The van der Waals surface area contributed by atoms with Gasteiger partial charge in [0.2, 0.25) is 0 Å². The second kappa shape index (κ2) is 5.90. The number of benzene rings is 1. The number of hydrogen-bond acceptors (Lipinski definition) is 3. The van der Waals surface area contributed by atoms with Gasteiger partial charge in [-0.3, -0.25) is 4.79 Å². The molecule has 1 heterocycles. The highest BCUT2D eigenvalue weighted by molar-refractivity contribution is 6.06. The Balaban J connectivity index is 2.23. The number of rotatable bonds is 3. The van der Waals surface area contributed by atoms with Crippen LogP contribution in [-0.4, -0.2) is 10.4 Å². The van der Waals surface area contributed by atoms with Gasteiger partial charge in [0.1, 0.15) is 11.8 Å². The first-order valence-corrected chi connectivity index (χ1v) is 6.36. The predicted octanol–water partition coefficient (Wildman–Crippen LogP) is 2.97. The van der Waals surface area contributed by atoms with Crippen molar-refractivity contribution >= 4 is 11.9 Å². The Hall–Kier alpha value is -3.11. The molecule has 0 aliphatic carbocycles. The molecule has 0 aliphatic heterocycles. The van der Waals surface area contributed by atoms with Crippen molar-refractivity contribution in [3.8, 4) is 12.1 Å². The van der Waals surface area contributed by atoms with Crippen molar-refractivity contribution in [2.75, 3.05) is 0 Å². The summed E-state index contributed by atoms with van der Waals surface area (Å²) in [6, 6.07) is 12.3. The molecule has 0 spiro atoms. The third-order valence-electron chi connectivity index (χ3n) is 3.40. The second-order valence-electron chi connectivity index (χ2n) is 4.63. The number of ketones is 1. The van der Waals surface area contributed by atoms with Crippen molar-refractivity contribution in [3.63, 3.8) is 0 Å². The van der Waals surface area contributed by atoms with Crippen LogP contribution in [0.3, 0.4) is 0 Å². The van der Waals surface area contributed by atoms with Gasteiger partial charge in [-0.25, -0.2) is 0 Å². The average Bonchev–Trinajstić information content (AvgIpc) is 2.80. The zero-order valence-electron chi connectivity index (χ0n) is 11.8.